The number of benzene rings is 3. The molecular weight excluding hydrogens is 694 g/mol. The van der Waals surface area contributed by atoms with Gasteiger partial charge in [-0.3, -0.25) is 14.4 Å². The molecule has 2 unspecified atom stereocenters. The van der Waals surface area contributed by atoms with Crippen LogP contribution >= 0.6 is 27.5 Å². The number of rotatable bonds is 5. The number of hydrogen-bond acceptors (Lipinski definition) is 4. The summed E-state index contributed by atoms with van der Waals surface area (Å²) in [6.07, 6.45) is -9.84. The minimum Gasteiger partial charge on any atom is -0.451 e. The van der Waals surface area contributed by atoms with Gasteiger partial charge in [0.2, 0.25) is 0 Å². The molecule has 2 heterocycles. The maximum Gasteiger partial charge on any atom is 0.416 e. The average Bonchev–Trinajstić information content (AvgIpc) is 2.96. The van der Waals surface area contributed by atoms with Crippen LogP contribution in [0.4, 0.5) is 26.3 Å². The lowest BCUT2D eigenvalue weighted by Gasteiger charge is -2.40. The van der Waals surface area contributed by atoms with E-state index >= 15 is 0 Å². The van der Waals surface area contributed by atoms with E-state index in [-0.39, 0.29) is 48.6 Å². The minimum atomic E-state index is -5.12. The average molecular weight is 716 g/mol. The molecule has 236 valence electrons. The SMILES string of the molecule is O=C(NC1CCN(C(=O)c2cc(C(F)(F)F)cc(C(F)(F)F)c2)C(Cc2ccc(Cl)cc2)C1)c1cc(=O)c2ccc(Br)cc2o1. The molecule has 6 nitrogen and oxygen atoms in total. The molecule has 0 bridgehead atoms. The van der Waals surface area contributed by atoms with Crippen molar-refractivity contribution in [2.75, 3.05) is 6.54 Å². The maximum absolute atomic E-state index is 13.6. The standard InChI is InChI=1S/C31H22BrClF6N2O4/c32-20-3-6-24-25(42)15-27(45-26(24)13-20)28(43)40-22-7-8-41(23(14-22)9-16-1-4-21(33)5-2-16)29(44)17-10-18(30(34,35)36)12-19(11-17)31(37,38)39/h1-6,10-13,15,22-23H,7-9,14H2,(H,40,43). The van der Waals surface area contributed by atoms with Crippen LogP contribution in [0.1, 0.15) is 50.4 Å². The zero-order valence-corrected chi connectivity index (χ0v) is 25.3. The van der Waals surface area contributed by atoms with E-state index in [2.05, 4.69) is 21.2 Å². The smallest absolute Gasteiger partial charge is 0.416 e. The summed E-state index contributed by atoms with van der Waals surface area (Å²) in [5.41, 5.74) is -3.51. The third kappa shape index (κ3) is 7.52. The number of fused-ring (bicyclic) bond motifs is 1. The van der Waals surface area contributed by atoms with Crippen LogP contribution in [0.25, 0.3) is 11.0 Å². The van der Waals surface area contributed by atoms with Crippen LogP contribution in [-0.2, 0) is 18.8 Å². The predicted octanol–water partition coefficient (Wildman–Crippen LogP) is 7.89. The van der Waals surface area contributed by atoms with Crippen molar-refractivity contribution in [3.8, 4) is 0 Å². The molecule has 1 aliphatic heterocycles. The molecule has 1 aromatic heterocycles. The lowest BCUT2D eigenvalue weighted by molar-refractivity contribution is -0.143. The van der Waals surface area contributed by atoms with Gasteiger partial charge < -0.3 is 14.6 Å². The first-order chi connectivity index (χ1) is 21.1. The number of hydrogen-bond donors (Lipinski definition) is 1. The highest BCUT2D eigenvalue weighted by molar-refractivity contribution is 9.10. The largest absolute Gasteiger partial charge is 0.451 e. The zero-order chi connectivity index (χ0) is 32.7. The molecule has 2 amide bonds. The topological polar surface area (TPSA) is 79.6 Å². The third-order valence-electron chi connectivity index (χ3n) is 7.45. The number of alkyl halides is 6. The predicted molar refractivity (Wildman–Crippen MR) is 157 cm³/mol. The monoisotopic (exact) mass is 714 g/mol. The van der Waals surface area contributed by atoms with Gasteiger partial charge in [0.25, 0.3) is 11.8 Å². The minimum absolute atomic E-state index is 0.0341. The van der Waals surface area contributed by atoms with Gasteiger partial charge >= 0.3 is 12.4 Å². The molecule has 4 aromatic rings. The molecule has 0 radical (unpaired) electrons. The van der Waals surface area contributed by atoms with E-state index in [1.807, 2.05) is 0 Å². The fourth-order valence-electron chi connectivity index (χ4n) is 5.28. The van der Waals surface area contributed by atoms with Gasteiger partial charge in [-0.05, 0) is 73.4 Å². The Balaban J connectivity index is 1.43. The Bertz CT molecular complexity index is 1790. The van der Waals surface area contributed by atoms with Crippen LogP contribution in [0.3, 0.4) is 0 Å². The lowest BCUT2D eigenvalue weighted by atomic mass is 9.91. The molecule has 1 N–H and O–H groups in total. The van der Waals surface area contributed by atoms with Crippen molar-refractivity contribution in [3.05, 3.63) is 114 Å². The van der Waals surface area contributed by atoms with E-state index in [0.717, 1.165) is 6.07 Å². The van der Waals surface area contributed by atoms with Crippen molar-refractivity contribution in [2.24, 2.45) is 0 Å². The zero-order valence-electron chi connectivity index (χ0n) is 22.9. The van der Waals surface area contributed by atoms with E-state index in [4.69, 9.17) is 16.0 Å². The molecule has 1 saturated heterocycles. The molecule has 1 fully saturated rings. The van der Waals surface area contributed by atoms with Crippen LogP contribution in [-0.4, -0.2) is 35.3 Å². The number of nitrogens with zero attached hydrogens (tertiary/aromatic N) is 1. The molecule has 3 aromatic carbocycles. The van der Waals surface area contributed by atoms with Crippen molar-refractivity contribution in [3.63, 3.8) is 0 Å². The summed E-state index contributed by atoms with van der Waals surface area (Å²) in [6.45, 7) is -0.0890. The normalized spacial score (nSPS) is 17.4. The van der Waals surface area contributed by atoms with Gasteiger partial charge in [0.1, 0.15) is 5.58 Å². The number of nitrogens with one attached hydrogen (secondary N) is 1. The van der Waals surface area contributed by atoms with Crippen molar-refractivity contribution in [1.29, 1.82) is 0 Å². The van der Waals surface area contributed by atoms with E-state index in [9.17, 15) is 40.7 Å². The summed E-state index contributed by atoms with van der Waals surface area (Å²) in [6, 6.07) is 11.8. The summed E-state index contributed by atoms with van der Waals surface area (Å²) in [5.74, 6) is -1.96. The van der Waals surface area contributed by atoms with Gasteiger partial charge in [0.05, 0.1) is 16.5 Å². The Morgan fingerprint density at radius 2 is 1.58 bits per heavy atom. The van der Waals surface area contributed by atoms with Gasteiger partial charge in [0.15, 0.2) is 11.2 Å². The van der Waals surface area contributed by atoms with Gasteiger partial charge in [-0.15, -0.1) is 0 Å². The maximum atomic E-state index is 13.6. The molecule has 0 spiro atoms. The summed E-state index contributed by atoms with van der Waals surface area (Å²) < 4.78 is 87.3. The van der Waals surface area contributed by atoms with Gasteiger partial charge in [-0.25, -0.2) is 0 Å². The first-order valence-corrected chi connectivity index (χ1v) is 14.6. The Morgan fingerprint density at radius 3 is 2.20 bits per heavy atom. The Morgan fingerprint density at radius 1 is 0.933 bits per heavy atom. The second-order valence-corrected chi connectivity index (χ2v) is 11.9. The summed E-state index contributed by atoms with van der Waals surface area (Å²) in [4.78, 5) is 40.5. The van der Waals surface area contributed by atoms with E-state index in [0.29, 0.717) is 27.2 Å². The Labute approximate surface area is 265 Å². The first kappa shape index (κ1) is 32.6. The molecule has 45 heavy (non-hydrogen) atoms. The van der Waals surface area contributed by atoms with Gasteiger partial charge in [0, 0.05) is 39.8 Å². The molecular formula is C31H22BrClF6N2O4. The van der Waals surface area contributed by atoms with Crippen LogP contribution in [0, 0.1) is 0 Å². The van der Waals surface area contributed by atoms with Crippen molar-refractivity contribution >= 4 is 50.3 Å². The first-order valence-electron chi connectivity index (χ1n) is 13.5. The fraction of sp³-hybridized carbons (Fsp3) is 0.258. The number of piperidine rings is 1. The van der Waals surface area contributed by atoms with Crippen LogP contribution < -0.4 is 10.7 Å². The van der Waals surface area contributed by atoms with E-state index < -0.39 is 58.4 Å². The molecule has 0 saturated carbocycles. The number of carbonyl (C=O) groups is 2. The molecule has 0 aliphatic carbocycles. The van der Waals surface area contributed by atoms with Gasteiger partial charge in [-0.2, -0.15) is 26.3 Å². The Kier molecular flexibility index (Phi) is 9.05. The second kappa shape index (κ2) is 12.5. The Hall–Kier alpha value is -3.84. The molecule has 2 atom stereocenters. The molecule has 14 heteroatoms. The summed E-state index contributed by atoms with van der Waals surface area (Å²) in [5, 5.41) is 3.49. The fourth-order valence-corrected chi connectivity index (χ4v) is 5.74. The second-order valence-electron chi connectivity index (χ2n) is 10.6. The third-order valence-corrected chi connectivity index (χ3v) is 8.19. The van der Waals surface area contributed by atoms with Crippen molar-refractivity contribution in [2.45, 2.75) is 43.7 Å². The summed E-state index contributed by atoms with van der Waals surface area (Å²) >= 11 is 9.27. The highest BCUT2D eigenvalue weighted by atomic mass is 79.9. The lowest BCUT2D eigenvalue weighted by Crippen LogP contribution is -2.52. The number of halogens is 8. The van der Waals surface area contributed by atoms with Crippen LogP contribution in [0.5, 0.6) is 0 Å². The van der Waals surface area contributed by atoms with Crippen LogP contribution in [0.15, 0.2) is 80.4 Å². The summed E-state index contributed by atoms with van der Waals surface area (Å²) in [7, 11) is 0. The molecule has 5 rings (SSSR count). The van der Waals surface area contributed by atoms with E-state index in [1.54, 1.807) is 36.4 Å². The molecule has 1 aliphatic rings. The number of likely N-dealkylation sites (tertiary alicyclic amines) is 1. The number of carbonyl (C=O) groups excluding carboxylic acids is 2. The van der Waals surface area contributed by atoms with Crippen molar-refractivity contribution < 1.29 is 40.3 Å². The van der Waals surface area contributed by atoms with Crippen LogP contribution in [0.2, 0.25) is 5.02 Å². The quantitative estimate of drug-likeness (QED) is 0.213. The highest BCUT2D eigenvalue weighted by Gasteiger charge is 2.39. The number of amides is 2. The van der Waals surface area contributed by atoms with Gasteiger partial charge in [-0.1, -0.05) is 39.7 Å². The van der Waals surface area contributed by atoms with E-state index in [1.165, 1.54) is 11.0 Å². The highest BCUT2D eigenvalue weighted by Crippen LogP contribution is 2.37. The van der Waals surface area contributed by atoms with Crippen molar-refractivity contribution in [1.82, 2.24) is 10.2 Å².